The Morgan fingerprint density at radius 3 is 2.20 bits per heavy atom. The van der Waals surface area contributed by atoms with Gasteiger partial charge >= 0.3 is 0 Å². The number of benzene rings is 5. The molecule has 45 heavy (non-hydrogen) atoms. The fourth-order valence-electron chi connectivity index (χ4n) is 7.19. The molecule has 8 aromatic rings. The van der Waals surface area contributed by atoms with Crippen molar-refractivity contribution in [1.29, 1.82) is 0 Å². The molecule has 5 aromatic carbocycles. The van der Waals surface area contributed by atoms with Crippen LogP contribution in [0.5, 0.6) is 0 Å². The number of aromatic nitrogens is 3. The maximum Gasteiger partial charge on any atom is 0.160 e. The number of fused-ring (bicyclic) bond motifs is 8. The molecule has 0 aliphatic carbocycles. The molecule has 0 bridgehead atoms. The summed E-state index contributed by atoms with van der Waals surface area (Å²) in [6, 6.07) is 31.8. The fourth-order valence-corrected chi connectivity index (χ4v) is 8.42. The first-order valence-corrected chi connectivity index (χ1v) is 15.7. The predicted molar refractivity (Wildman–Crippen MR) is 194 cm³/mol. The van der Waals surface area contributed by atoms with E-state index < -0.39 is 0 Å². The molecule has 0 saturated carbocycles. The van der Waals surface area contributed by atoms with Crippen molar-refractivity contribution < 1.29 is 0 Å². The van der Waals surface area contributed by atoms with Gasteiger partial charge in [-0.05, 0) is 35.4 Å². The fraction of sp³-hybridized carbons (Fsp3) is 0.0811. The van der Waals surface area contributed by atoms with Gasteiger partial charge in [0.25, 0.3) is 0 Å². The summed E-state index contributed by atoms with van der Waals surface area (Å²) in [6.45, 7) is 4.60. The van der Waals surface area contributed by atoms with E-state index in [1.165, 1.54) is 48.0 Å². The predicted octanol–water partition coefficient (Wildman–Crippen LogP) is 5.09. The molecule has 1 aliphatic rings. The van der Waals surface area contributed by atoms with Crippen molar-refractivity contribution in [1.82, 2.24) is 14.5 Å². The molecular formula is C37H21B4N3S. The molecule has 8 radical (unpaired) electrons. The molecule has 0 fully saturated rings. The van der Waals surface area contributed by atoms with Crippen LogP contribution in [0.4, 0.5) is 0 Å². The quantitative estimate of drug-likeness (QED) is 0.266. The van der Waals surface area contributed by atoms with Crippen LogP contribution in [0.15, 0.2) is 91.0 Å². The van der Waals surface area contributed by atoms with Crippen molar-refractivity contribution in [3.63, 3.8) is 0 Å². The first kappa shape index (κ1) is 26.8. The molecule has 0 N–H and O–H groups in total. The van der Waals surface area contributed by atoms with Crippen LogP contribution in [-0.2, 0) is 5.41 Å². The summed E-state index contributed by atoms with van der Waals surface area (Å²) in [5.41, 5.74) is 8.67. The smallest absolute Gasteiger partial charge is 0.160 e. The highest BCUT2D eigenvalue weighted by molar-refractivity contribution is 7.25. The average molecular weight is 583 g/mol. The standard InChI is InChI=1S/C37H21B4N3S/c1-37(2)22-13-8-12-21-26-20-11-6-7-14-25(20)45-36(26)44(34(21)22)24-16-15-19(17-23(24)37)35-42-32(18-9-4-3-5-10-18)27-28(38)29(39)30(40)31(41)33(27)43-35/h3-17H,1-2H3. The zero-order chi connectivity index (χ0) is 30.8. The summed E-state index contributed by atoms with van der Waals surface area (Å²) in [5, 5.41) is 4.50. The van der Waals surface area contributed by atoms with Crippen molar-refractivity contribution in [2.24, 2.45) is 0 Å². The molecule has 0 spiro atoms. The number of rotatable bonds is 2. The molecule has 4 heterocycles. The van der Waals surface area contributed by atoms with Crippen LogP contribution in [0.2, 0.25) is 0 Å². The molecule has 0 saturated heterocycles. The number of hydrogen-bond donors (Lipinski definition) is 0. The van der Waals surface area contributed by atoms with E-state index >= 15 is 0 Å². The van der Waals surface area contributed by atoms with Gasteiger partial charge in [-0.3, -0.25) is 0 Å². The van der Waals surface area contributed by atoms with Crippen molar-refractivity contribution in [3.8, 4) is 28.3 Å². The van der Waals surface area contributed by atoms with Gasteiger partial charge in [0.15, 0.2) is 5.82 Å². The molecule has 202 valence electrons. The third-order valence-corrected chi connectivity index (χ3v) is 10.7. The van der Waals surface area contributed by atoms with E-state index in [-0.39, 0.29) is 16.3 Å². The average Bonchev–Trinajstić information content (AvgIpc) is 3.60. The highest BCUT2D eigenvalue weighted by Gasteiger charge is 2.36. The topological polar surface area (TPSA) is 30.7 Å². The van der Waals surface area contributed by atoms with Crippen LogP contribution in [-0.4, -0.2) is 45.9 Å². The maximum absolute atomic E-state index is 6.55. The van der Waals surface area contributed by atoms with Gasteiger partial charge in [-0.25, -0.2) is 9.97 Å². The monoisotopic (exact) mass is 583 g/mol. The first-order valence-electron chi connectivity index (χ1n) is 14.8. The second-order valence-corrected chi connectivity index (χ2v) is 13.3. The molecule has 0 amide bonds. The zero-order valence-corrected chi connectivity index (χ0v) is 25.5. The highest BCUT2D eigenvalue weighted by Crippen LogP contribution is 2.51. The molecular weight excluding hydrogens is 562 g/mol. The summed E-state index contributed by atoms with van der Waals surface area (Å²) in [5.74, 6) is 0.541. The first-order chi connectivity index (χ1) is 21.8. The van der Waals surface area contributed by atoms with Gasteiger partial charge in [-0.15, -0.1) is 22.3 Å². The van der Waals surface area contributed by atoms with Gasteiger partial charge in [0.05, 0.1) is 22.4 Å². The summed E-state index contributed by atoms with van der Waals surface area (Å²) in [6.07, 6.45) is 0. The molecule has 9 rings (SSSR count). The molecule has 1 aliphatic heterocycles. The second kappa shape index (κ2) is 9.24. The Kier molecular flexibility index (Phi) is 5.51. The Balaban J connectivity index is 1.34. The minimum atomic E-state index is -0.279. The van der Waals surface area contributed by atoms with Crippen molar-refractivity contribution >= 4 is 107 Å². The van der Waals surface area contributed by atoms with Gasteiger partial charge in [0.2, 0.25) is 0 Å². The van der Waals surface area contributed by atoms with Gasteiger partial charge in [-0.1, -0.05) is 91.5 Å². The van der Waals surface area contributed by atoms with Crippen molar-refractivity contribution in [2.45, 2.75) is 19.3 Å². The SMILES string of the molecule is [B]c1c([B])c([B])c2c(-c3ccccc3)nc(-c3ccc4c(c3)C(C)(C)c3cccc5c6c7ccccc7sc6n-4c35)nc2c1[B]. The Labute approximate surface area is 270 Å². The van der Waals surface area contributed by atoms with Gasteiger partial charge in [-0.2, -0.15) is 0 Å². The van der Waals surface area contributed by atoms with Gasteiger partial charge in [0.1, 0.15) is 36.2 Å². The lowest BCUT2D eigenvalue weighted by molar-refractivity contribution is 0.630. The summed E-state index contributed by atoms with van der Waals surface area (Å²) < 4.78 is 3.74. The third-order valence-electron chi connectivity index (χ3n) is 9.50. The van der Waals surface area contributed by atoms with Crippen LogP contribution < -0.4 is 21.9 Å². The normalized spacial score (nSPS) is 13.6. The van der Waals surface area contributed by atoms with E-state index in [9.17, 15) is 0 Å². The van der Waals surface area contributed by atoms with E-state index in [4.69, 9.17) is 41.4 Å². The van der Waals surface area contributed by atoms with Crippen LogP contribution in [0.3, 0.4) is 0 Å². The molecule has 8 heteroatoms. The number of nitrogens with zero attached hydrogens (tertiary/aromatic N) is 3. The van der Waals surface area contributed by atoms with Crippen LogP contribution in [0.1, 0.15) is 25.0 Å². The summed E-state index contributed by atoms with van der Waals surface area (Å²) in [7, 11) is 25.7. The Hall–Kier alpha value is -4.54. The zero-order valence-electron chi connectivity index (χ0n) is 24.7. The van der Waals surface area contributed by atoms with E-state index in [2.05, 4.69) is 79.1 Å². The third kappa shape index (κ3) is 3.52. The number of hydrogen-bond acceptors (Lipinski definition) is 3. The van der Waals surface area contributed by atoms with E-state index in [1.54, 1.807) is 0 Å². The minimum absolute atomic E-state index is 0.232. The van der Waals surface area contributed by atoms with Crippen LogP contribution >= 0.6 is 11.3 Å². The van der Waals surface area contributed by atoms with Gasteiger partial charge in [0, 0.05) is 42.8 Å². The molecule has 3 nitrogen and oxygen atoms in total. The van der Waals surface area contributed by atoms with Gasteiger partial charge < -0.3 is 4.57 Å². The van der Waals surface area contributed by atoms with Crippen molar-refractivity contribution in [3.05, 3.63) is 102 Å². The lowest BCUT2D eigenvalue weighted by Gasteiger charge is -2.35. The molecule has 0 atom stereocenters. The Morgan fingerprint density at radius 1 is 0.644 bits per heavy atom. The van der Waals surface area contributed by atoms with Crippen molar-refractivity contribution in [2.75, 3.05) is 0 Å². The summed E-state index contributed by atoms with van der Waals surface area (Å²) in [4.78, 5) is 11.4. The lowest BCUT2D eigenvalue weighted by Crippen LogP contribution is -2.48. The van der Waals surface area contributed by atoms with E-state index in [1.807, 2.05) is 41.7 Å². The second-order valence-electron chi connectivity index (χ2n) is 12.3. The van der Waals surface area contributed by atoms with E-state index in [0.717, 1.165) is 11.1 Å². The molecule has 0 unspecified atom stereocenters. The Morgan fingerprint density at radius 2 is 1.38 bits per heavy atom. The largest absolute Gasteiger partial charge is 0.300 e. The summed E-state index contributed by atoms with van der Waals surface area (Å²) >= 11 is 1.84. The van der Waals surface area contributed by atoms with E-state index in [0.29, 0.717) is 33.3 Å². The minimum Gasteiger partial charge on any atom is -0.300 e. The Bertz CT molecular complexity index is 2570. The molecule has 3 aromatic heterocycles. The highest BCUT2D eigenvalue weighted by atomic mass is 32.1. The number of para-hydroxylation sites is 1. The number of thiophene rings is 1. The lowest BCUT2D eigenvalue weighted by atomic mass is 9.65. The van der Waals surface area contributed by atoms with Crippen LogP contribution in [0, 0.1) is 0 Å². The van der Waals surface area contributed by atoms with Crippen LogP contribution in [0.25, 0.3) is 70.4 Å². The maximum atomic E-state index is 6.55.